The molecule has 0 saturated carbocycles. The summed E-state index contributed by atoms with van der Waals surface area (Å²) in [6.45, 7) is 3.40. The van der Waals surface area contributed by atoms with Crippen molar-refractivity contribution in [3.05, 3.63) is 0 Å². The molecular formula is C10H21N3O3. The number of unbranched alkanes of at least 4 members (excludes halogenated alkanes) is 1. The van der Waals surface area contributed by atoms with E-state index in [1.54, 1.807) is 0 Å². The van der Waals surface area contributed by atoms with Crippen LogP contribution in [-0.2, 0) is 9.59 Å². The van der Waals surface area contributed by atoms with E-state index in [2.05, 4.69) is 5.32 Å². The molecule has 6 nitrogen and oxygen atoms in total. The monoisotopic (exact) mass is 231 g/mol. The van der Waals surface area contributed by atoms with E-state index in [0.29, 0.717) is 13.0 Å². The van der Waals surface area contributed by atoms with Crippen molar-refractivity contribution >= 4 is 11.9 Å². The summed E-state index contributed by atoms with van der Waals surface area (Å²) < 4.78 is 0. The number of carbonyl (C=O) groups excluding carboxylic acids is 1. The van der Waals surface area contributed by atoms with Gasteiger partial charge in [0.05, 0.1) is 6.04 Å². The highest BCUT2D eigenvalue weighted by Crippen LogP contribution is 2.04. The van der Waals surface area contributed by atoms with Gasteiger partial charge < -0.3 is 21.9 Å². The molecule has 0 spiro atoms. The van der Waals surface area contributed by atoms with Gasteiger partial charge in [-0.3, -0.25) is 4.79 Å². The van der Waals surface area contributed by atoms with Gasteiger partial charge in [-0.2, -0.15) is 0 Å². The first-order valence-corrected chi connectivity index (χ1v) is 5.32. The summed E-state index contributed by atoms with van der Waals surface area (Å²) in [4.78, 5) is 22.3. The minimum Gasteiger partial charge on any atom is -0.480 e. The number of amides is 1. The highest BCUT2D eigenvalue weighted by molar-refractivity contribution is 5.88. The first kappa shape index (κ1) is 14.9. The molecule has 0 rings (SSSR count). The van der Waals surface area contributed by atoms with Gasteiger partial charge in [-0.1, -0.05) is 6.42 Å². The molecule has 0 aromatic heterocycles. The molecule has 0 radical (unpaired) electrons. The van der Waals surface area contributed by atoms with Gasteiger partial charge in [0.2, 0.25) is 5.91 Å². The van der Waals surface area contributed by atoms with Gasteiger partial charge in [0.1, 0.15) is 5.54 Å². The van der Waals surface area contributed by atoms with Crippen LogP contribution in [0.3, 0.4) is 0 Å². The summed E-state index contributed by atoms with van der Waals surface area (Å²) in [5.74, 6) is -1.53. The maximum absolute atomic E-state index is 11.5. The third-order valence-electron chi connectivity index (χ3n) is 2.28. The van der Waals surface area contributed by atoms with Crippen molar-refractivity contribution in [3.8, 4) is 0 Å². The van der Waals surface area contributed by atoms with Crippen LogP contribution >= 0.6 is 0 Å². The Kier molecular flexibility index (Phi) is 5.98. The van der Waals surface area contributed by atoms with Gasteiger partial charge in [-0.25, -0.2) is 4.79 Å². The molecule has 1 atom stereocenters. The van der Waals surface area contributed by atoms with E-state index < -0.39 is 23.5 Å². The third kappa shape index (κ3) is 5.09. The molecule has 1 amide bonds. The van der Waals surface area contributed by atoms with Crippen LogP contribution in [0.15, 0.2) is 0 Å². The quantitative estimate of drug-likeness (QED) is 0.437. The fourth-order valence-electron chi connectivity index (χ4n) is 1.09. The van der Waals surface area contributed by atoms with Gasteiger partial charge in [-0.15, -0.1) is 0 Å². The zero-order valence-electron chi connectivity index (χ0n) is 9.82. The highest BCUT2D eigenvalue weighted by Gasteiger charge is 2.30. The molecular weight excluding hydrogens is 210 g/mol. The molecule has 94 valence electrons. The fourth-order valence-corrected chi connectivity index (χ4v) is 1.09. The SMILES string of the molecule is CC(C)(NC(=O)[C@@H](N)CCCCN)C(=O)O. The number of carboxylic acid groups (broad SMARTS) is 1. The largest absolute Gasteiger partial charge is 0.480 e. The molecule has 0 aliphatic carbocycles. The maximum atomic E-state index is 11.5. The van der Waals surface area contributed by atoms with E-state index in [1.807, 2.05) is 0 Å². The van der Waals surface area contributed by atoms with Crippen molar-refractivity contribution in [1.29, 1.82) is 0 Å². The molecule has 0 aliphatic heterocycles. The van der Waals surface area contributed by atoms with Crippen molar-refractivity contribution < 1.29 is 14.7 Å². The predicted molar refractivity (Wildman–Crippen MR) is 60.7 cm³/mol. The summed E-state index contributed by atoms with van der Waals surface area (Å²) in [5.41, 5.74) is 9.64. The van der Waals surface area contributed by atoms with Crippen molar-refractivity contribution in [3.63, 3.8) is 0 Å². The van der Waals surface area contributed by atoms with Gasteiger partial charge in [0, 0.05) is 0 Å². The molecule has 0 heterocycles. The summed E-state index contributed by atoms with van der Waals surface area (Å²) in [5, 5.41) is 11.2. The zero-order chi connectivity index (χ0) is 12.8. The summed E-state index contributed by atoms with van der Waals surface area (Å²) in [7, 11) is 0. The summed E-state index contributed by atoms with van der Waals surface area (Å²) >= 11 is 0. The van der Waals surface area contributed by atoms with Crippen molar-refractivity contribution in [2.24, 2.45) is 11.5 Å². The van der Waals surface area contributed by atoms with Crippen LogP contribution < -0.4 is 16.8 Å². The molecule has 0 fully saturated rings. The molecule has 0 aliphatic rings. The first-order valence-electron chi connectivity index (χ1n) is 5.32. The number of carboxylic acids is 1. The maximum Gasteiger partial charge on any atom is 0.328 e. The number of hydrogen-bond acceptors (Lipinski definition) is 4. The Bertz CT molecular complexity index is 254. The summed E-state index contributed by atoms with van der Waals surface area (Å²) in [6.07, 6.45) is 2.08. The average molecular weight is 231 g/mol. The normalized spacial score (nSPS) is 13.2. The Morgan fingerprint density at radius 3 is 2.38 bits per heavy atom. The predicted octanol–water partition coefficient (Wildman–Crippen LogP) is -0.578. The molecule has 0 aromatic carbocycles. The van der Waals surface area contributed by atoms with Crippen molar-refractivity contribution in [1.82, 2.24) is 5.32 Å². The smallest absolute Gasteiger partial charge is 0.328 e. The lowest BCUT2D eigenvalue weighted by molar-refractivity contribution is -0.146. The molecule has 0 bridgehead atoms. The highest BCUT2D eigenvalue weighted by atomic mass is 16.4. The Labute approximate surface area is 95.4 Å². The van der Waals surface area contributed by atoms with E-state index >= 15 is 0 Å². The van der Waals surface area contributed by atoms with Crippen LogP contribution in [-0.4, -0.2) is 35.1 Å². The standard InChI is InChI=1S/C10H21N3O3/c1-10(2,9(15)16)13-8(14)7(12)5-3-4-6-11/h7H,3-6,11-12H2,1-2H3,(H,13,14)(H,15,16)/t7-/m0/s1. The lowest BCUT2D eigenvalue weighted by Gasteiger charge is -2.23. The molecule has 6 N–H and O–H groups in total. The molecule has 16 heavy (non-hydrogen) atoms. The van der Waals surface area contributed by atoms with Gasteiger partial charge in [0.15, 0.2) is 0 Å². The van der Waals surface area contributed by atoms with Crippen LogP contribution in [0, 0.1) is 0 Å². The van der Waals surface area contributed by atoms with Crippen LogP contribution in [0.5, 0.6) is 0 Å². The Balaban J connectivity index is 4.10. The van der Waals surface area contributed by atoms with Crippen LogP contribution in [0.1, 0.15) is 33.1 Å². The van der Waals surface area contributed by atoms with Crippen molar-refractivity contribution in [2.75, 3.05) is 6.54 Å². The van der Waals surface area contributed by atoms with Gasteiger partial charge >= 0.3 is 5.97 Å². The lowest BCUT2D eigenvalue weighted by atomic mass is 10.0. The number of carbonyl (C=O) groups is 2. The second kappa shape index (κ2) is 6.44. The molecule has 0 saturated heterocycles. The topological polar surface area (TPSA) is 118 Å². The molecule has 0 unspecified atom stereocenters. The van der Waals surface area contributed by atoms with E-state index in [9.17, 15) is 9.59 Å². The Hall–Kier alpha value is -1.14. The van der Waals surface area contributed by atoms with Gasteiger partial charge in [-0.05, 0) is 33.2 Å². The van der Waals surface area contributed by atoms with Gasteiger partial charge in [0.25, 0.3) is 0 Å². The number of hydrogen-bond donors (Lipinski definition) is 4. The van der Waals surface area contributed by atoms with Crippen LogP contribution in [0.25, 0.3) is 0 Å². The number of nitrogens with two attached hydrogens (primary N) is 2. The first-order chi connectivity index (χ1) is 7.31. The Morgan fingerprint density at radius 2 is 1.94 bits per heavy atom. The fraction of sp³-hybridized carbons (Fsp3) is 0.800. The second-order valence-corrected chi connectivity index (χ2v) is 4.31. The minimum atomic E-state index is -1.29. The average Bonchev–Trinajstić information content (AvgIpc) is 2.17. The third-order valence-corrected chi connectivity index (χ3v) is 2.28. The Morgan fingerprint density at radius 1 is 1.38 bits per heavy atom. The number of aliphatic carboxylic acids is 1. The second-order valence-electron chi connectivity index (χ2n) is 4.31. The van der Waals surface area contributed by atoms with E-state index in [4.69, 9.17) is 16.6 Å². The van der Waals surface area contributed by atoms with Crippen LogP contribution in [0.2, 0.25) is 0 Å². The molecule has 0 aromatic rings. The number of nitrogens with one attached hydrogen (secondary N) is 1. The van der Waals surface area contributed by atoms with Crippen LogP contribution in [0.4, 0.5) is 0 Å². The zero-order valence-corrected chi connectivity index (χ0v) is 9.82. The van der Waals surface area contributed by atoms with E-state index in [1.165, 1.54) is 13.8 Å². The summed E-state index contributed by atoms with van der Waals surface area (Å²) in [6, 6.07) is -0.676. The van der Waals surface area contributed by atoms with E-state index in [0.717, 1.165) is 12.8 Å². The molecule has 6 heteroatoms. The number of rotatable bonds is 7. The lowest BCUT2D eigenvalue weighted by Crippen LogP contribution is -2.54. The van der Waals surface area contributed by atoms with E-state index in [-0.39, 0.29) is 0 Å². The minimum absolute atomic E-state index is 0.440. The van der Waals surface area contributed by atoms with Crippen molar-refractivity contribution in [2.45, 2.75) is 44.7 Å².